The van der Waals surface area contributed by atoms with Crippen LogP contribution in [-0.4, -0.2) is 28.0 Å². The molecular formula is C21H22N4O4. The molecule has 2 aromatic carbocycles. The van der Waals surface area contributed by atoms with Gasteiger partial charge in [0.05, 0.1) is 6.61 Å². The first-order valence-electron chi connectivity index (χ1n) is 9.09. The second-order valence-electron chi connectivity index (χ2n) is 6.13. The van der Waals surface area contributed by atoms with Crippen LogP contribution in [-0.2, 0) is 13.7 Å². The van der Waals surface area contributed by atoms with E-state index >= 15 is 0 Å². The summed E-state index contributed by atoms with van der Waals surface area (Å²) in [5, 5.41) is 0. The van der Waals surface area contributed by atoms with E-state index in [0.29, 0.717) is 35.8 Å². The summed E-state index contributed by atoms with van der Waals surface area (Å²) in [7, 11) is 1.89. The molecule has 8 heteroatoms. The molecule has 0 saturated carbocycles. The maximum absolute atomic E-state index is 12.2. The fraction of sp³-hybridized carbons (Fsp3) is 0.190. The summed E-state index contributed by atoms with van der Waals surface area (Å²) in [5.74, 6) is 1.24. The van der Waals surface area contributed by atoms with Crippen LogP contribution < -0.4 is 20.3 Å². The maximum atomic E-state index is 12.2. The van der Waals surface area contributed by atoms with Crippen LogP contribution in [0.3, 0.4) is 0 Å². The molecule has 0 bridgehead atoms. The summed E-state index contributed by atoms with van der Waals surface area (Å²) >= 11 is 0. The first-order chi connectivity index (χ1) is 14.1. The topological polar surface area (TPSA) is 94.5 Å². The Morgan fingerprint density at radius 3 is 1.86 bits per heavy atom. The van der Waals surface area contributed by atoms with Crippen molar-refractivity contribution in [2.24, 2.45) is 7.05 Å². The SMILES string of the molecule is CCOc1ccc(C(=O)NNC(=O)c2ccc(OCc3nccn3C)cc2)cc1. The standard InChI is InChI=1S/C21H22N4O4/c1-3-28-17-8-4-15(5-9-17)20(26)23-24-21(27)16-6-10-18(11-7-16)29-14-19-22-12-13-25(19)2/h4-13H,3,14H2,1-2H3,(H,23,26)(H,24,27). The maximum Gasteiger partial charge on any atom is 0.269 e. The highest BCUT2D eigenvalue weighted by molar-refractivity contribution is 5.99. The Balaban J connectivity index is 1.49. The predicted octanol–water partition coefficient (Wildman–Crippen LogP) is 2.47. The van der Waals surface area contributed by atoms with Gasteiger partial charge in [0.2, 0.25) is 0 Å². The molecule has 0 fully saturated rings. The van der Waals surface area contributed by atoms with Crippen LogP contribution in [0.1, 0.15) is 33.5 Å². The molecule has 0 radical (unpaired) electrons. The average Bonchev–Trinajstić information content (AvgIpc) is 3.16. The van der Waals surface area contributed by atoms with Gasteiger partial charge in [0, 0.05) is 30.6 Å². The summed E-state index contributed by atoms with van der Waals surface area (Å²) in [4.78, 5) is 28.5. The van der Waals surface area contributed by atoms with Crippen molar-refractivity contribution in [3.05, 3.63) is 77.9 Å². The number of hydrazine groups is 1. The van der Waals surface area contributed by atoms with E-state index in [4.69, 9.17) is 9.47 Å². The number of nitrogens with zero attached hydrogens (tertiary/aromatic N) is 2. The summed E-state index contributed by atoms with van der Waals surface area (Å²) < 4.78 is 12.9. The molecule has 0 aliphatic rings. The summed E-state index contributed by atoms with van der Waals surface area (Å²) in [6, 6.07) is 13.3. The second kappa shape index (κ2) is 9.41. The molecule has 0 saturated heterocycles. The van der Waals surface area contributed by atoms with Gasteiger partial charge in [0.15, 0.2) is 0 Å². The molecule has 0 atom stereocenters. The Labute approximate surface area is 168 Å². The van der Waals surface area contributed by atoms with Gasteiger partial charge in [0.25, 0.3) is 11.8 Å². The van der Waals surface area contributed by atoms with Crippen LogP contribution in [0, 0.1) is 0 Å². The number of hydrogen-bond donors (Lipinski definition) is 2. The van der Waals surface area contributed by atoms with Gasteiger partial charge in [-0.3, -0.25) is 20.4 Å². The lowest BCUT2D eigenvalue weighted by Gasteiger charge is -2.09. The quantitative estimate of drug-likeness (QED) is 0.601. The van der Waals surface area contributed by atoms with Gasteiger partial charge in [-0.05, 0) is 55.5 Å². The Hall–Kier alpha value is -3.81. The average molecular weight is 394 g/mol. The van der Waals surface area contributed by atoms with Gasteiger partial charge < -0.3 is 14.0 Å². The Morgan fingerprint density at radius 2 is 1.41 bits per heavy atom. The van der Waals surface area contributed by atoms with Crippen LogP contribution in [0.15, 0.2) is 60.9 Å². The minimum Gasteiger partial charge on any atom is -0.494 e. The van der Waals surface area contributed by atoms with Crippen LogP contribution in [0.5, 0.6) is 11.5 Å². The van der Waals surface area contributed by atoms with Crippen molar-refractivity contribution in [3.8, 4) is 11.5 Å². The van der Waals surface area contributed by atoms with Gasteiger partial charge in [-0.15, -0.1) is 0 Å². The number of amides is 2. The number of carbonyl (C=O) groups is 2. The first-order valence-corrected chi connectivity index (χ1v) is 9.09. The molecule has 1 aromatic heterocycles. The van der Waals surface area contributed by atoms with Crippen LogP contribution in [0.2, 0.25) is 0 Å². The number of aromatic nitrogens is 2. The monoisotopic (exact) mass is 394 g/mol. The Morgan fingerprint density at radius 1 is 0.897 bits per heavy atom. The minimum absolute atomic E-state index is 0.327. The molecule has 29 heavy (non-hydrogen) atoms. The molecule has 0 aliphatic heterocycles. The van der Waals surface area contributed by atoms with E-state index in [1.165, 1.54) is 0 Å². The first kappa shape index (κ1) is 19.9. The van der Waals surface area contributed by atoms with E-state index in [2.05, 4.69) is 15.8 Å². The predicted molar refractivity (Wildman–Crippen MR) is 107 cm³/mol. The highest BCUT2D eigenvalue weighted by atomic mass is 16.5. The third-order valence-electron chi connectivity index (χ3n) is 4.12. The lowest BCUT2D eigenvalue weighted by Crippen LogP contribution is -2.41. The van der Waals surface area contributed by atoms with Crippen molar-refractivity contribution in [2.75, 3.05) is 6.61 Å². The number of imidazole rings is 1. The normalized spacial score (nSPS) is 10.3. The van der Waals surface area contributed by atoms with Crippen LogP contribution >= 0.6 is 0 Å². The van der Waals surface area contributed by atoms with Crippen molar-refractivity contribution in [2.45, 2.75) is 13.5 Å². The number of aryl methyl sites for hydroxylation is 1. The van der Waals surface area contributed by atoms with Crippen molar-refractivity contribution < 1.29 is 19.1 Å². The molecule has 0 aliphatic carbocycles. The molecule has 3 aromatic rings. The third-order valence-corrected chi connectivity index (χ3v) is 4.12. The third kappa shape index (κ3) is 5.35. The highest BCUT2D eigenvalue weighted by Crippen LogP contribution is 2.14. The fourth-order valence-electron chi connectivity index (χ4n) is 2.51. The van der Waals surface area contributed by atoms with Crippen molar-refractivity contribution >= 4 is 11.8 Å². The summed E-state index contributed by atoms with van der Waals surface area (Å²) in [6.07, 6.45) is 3.54. The number of ether oxygens (including phenoxy) is 2. The lowest BCUT2D eigenvalue weighted by atomic mass is 10.2. The highest BCUT2D eigenvalue weighted by Gasteiger charge is 2.10. The smallest absolute Gasteiger partial charge is 0.269 e. The number of hydrogen-bond acceptors (Lipinski definition) is 5. The van der Waals surface area contributed by atoms with Gasteiger partial charge in [0.1, 0.15) is 23.9 Å². The van der Waals surface area contributed by atoms with Crippen LogP contribution in [0.4, 0.5) is 0 Å². The van der Waals surface area contributed by atoms with Crippen molar-refractivity contribution in [1.82, 2.24) is 20.4 Å². The number of carbonyl (C=O) groups excluding carboxylic acids is 2. The number of rotatable bonds is 7. The minimum atomic E-state index is -0.431. The van der Waals surface area contributed by atoms with E-state index in [0.717, 1.165) is 5.82 Å². The van der Waals surface area contributed by atoms with E-state index in [1.807, 2.05) is 24.7 Å². The van der Waals surface area contributed by atoms with Gasteiger partial charge in [-0.1, -0.05) is 0 Å². The van der Waals surface area contributed by atoms with Gasteiger partial charge in [-0.25, -0.2) is 4.98 Å². The lowest BCUT2D eigenvalue weighted by molar-refractivity contribution is 0.0846. The van der Waals surface area contributed by atoms with E-state index in [-0.39, 0.29) is 0 Å². The Kier molecular flexibility index (Phi) is 6.47. The zero-order chi connectivity index (χ0) is 20.6. The van der Waals surface area contributed by atoms with Crippen molar-refractivity contribution in [3.63, 3.8) is 0 Å². The number of benzene rings is 2. The zero-order valence-electron chi connectivity index (χ0n) is 16.2. The fourth-order valence-corrected chi connectivity index (χ4v) is 2.51. The summed E-state index contributed by atoms with van der Waals surface area (Å²) in [6.45, 7) is 2.76. The molecule has 2 amide bonds. The van der Waals surface area contributed by atoms with Gasteiger partial charge >= 0.3 is 0 Å². The van der Waals surface area contributed by atoms with E-state index in [1.54, 1.807) is 54.7 Å². The van der Waals surface area contributed by atoms with Gasteiger partial charge in [-0.2, -0.15) is 0 Å². The van der Waals surface area contributed by atoms with Crippen molar-refractivity contribution in [1.29, 1.82) is 0 Å². The molecule has 2 N–H and O–H groups in total. The zero-order valence-corrected chi connectivity index (χ0v) is 16.2. The second-order valence-corrected chi connectivity index (χ2v) is 6.13. The molecule has 3 rings (SSSR count). The molecule has 0 unspecified atom stereocenters. The van der Waals surface area contributed by atoms with Crippen LogP contribution in [0.25, 0.3) is 0 Å². The largest absolute Gasteiger partial charge is 0.494 e. The van der Waals surface area contributed by atoms with E-state index in [9.17, 15) is 9.59 Å². The number of nitrogens with one attached hydrogen (secondary N) is 2. The molecular weight excluding hydrogens is 372 g/mol. The molecule has 0 spiro atoms. The summed E-state index contributed by atoms with van der Waals surface area (Å²) in [5.41, 5.74) is 5.59. The van der Waals surface area contributed by atoms with E-state index < -0.39 is 11.8 Å². The molecule has 1 heterocycles. The Bertz CT molecular complexity index is 965. The molecule has 150 valence electrons. The molecule has 8 nitrogen and oxygen atoms in total.